The summed E-state index contributed by atoms with van der Waals surface area (Å²) >= 11 is 0. The third kappa shape index (κ3) is 3.15. The van der Waals surface area contributed by atoms with Crippen molar-refractivity contribution in [3.05, 3.63) is 18.5 Å². The van der Waals surface area contributed by atoms with E-state index in [1.54, 1.807) is 6.20 Å². The van der Waals surface area contributed by atoms with Crippen molar-refractivity contribution in [3.63, 3.8) is 0 Å². The second kappa shape index (κ2) is 7.47. The number of aromatic nitrogens is 2. The summed E-state index contributed by atoms with van der Waals surface area (Å²) in [5.74, 6) is 0.949. The lowest BCUT2D eigenvalue weighted by atomic mass is 9.85. The minimum Gasteiger partial charge on any atom is -0.340 e. The van der Waals surface area contributed by atoms with Crippen molar-refractivity contribution in [2.75, 3.05) is 26.2 Å². The fourth-order valence-corrected chi connectivity index (χ4v) is 3.78. The Kier molecular flexibility index (Phi) is 5.87. The Balaban J connectivity index is 0.00000176. The molecule has 1 unspecified atom stereocenters. The topological polar surface area (TPSA) is 50.2 Å². The van der Waals surface area contributed by atoms with Crippen LogP contribution in [0.5, 0.6) is 0 Å². The summed E-state index contributed by atoms with van der Waals surface area (Å²) in [6.07, 6.45) is 8.96. The maximum atomic E-state index is 13.3. The molecule has 0 spiro atoms. The van der Waals surface area contributed by atoms with Crippen molar-refractivity contribution in [2.24, 2.45) is 5.92 Å². The van der Waals surface area contributed by atoms with E-state index in [1.165, 1.54) is 12.8 Å². The predicted molar refractivity (Wildman–Crippen MR) is 89.1 cm³/mol. The van der Waals surface area contributed by atoms with Gasteiger partial charge in [0.1, 0.15) is 5.54 Å². The van der Waals surface area contributed by atoms with Crippen LogP contribution in [0.4, 0.5) is 0 Å². The molecule has 0 bridgehead atoms. The maximum Gasteiger partial charge on any atom is 0.250 e. The Morgan fingerprint density at radius 1 is 1.41 bits per heavy atom. The van der Waals surface area contributed by atoms with Gasteiger partial charge in [0.05, 0.1) is 0 Å². The van der Waals surface area contributed by atoms with Crippen LogP contribution in [0, 0.1) is 5.92 Å². The first-order valence-corrected chi connectivity index (χ1v) is 8.26. The summed E-state index contributed by atoms with van der Waals surface area (Å²) in [5, 5.41) is 7.78. The minimum absolute atomic E-state index is 0. The summed E-state index contributed by atoms with van der Waals surface area (Å²) in [4.78, 5) is 15.4. The smallest absolute Gasteiger partial charge is 0.250 e. The van der Waals surface area contributed by atoms with E-state index < -0.39 is 5.54 Å². The Morgan fingerprint density at radius 2 is 2.18 bits per heavy atom. The lowest BCUT2D eigenvalue weighted by molar-refractivity contribution is -0.145. The van der Waals surface area contributed by atoms with Crippen molar-refractivity contribution in [3.8, 4) is 0 Å². The normalized spacial score (nSPS) is 24.6. The van der Waals surface area contributed by atoms with Gasteiger partial charge in [-0.25, -0.2) is 0 Å². The van der Waals surface area contributed by atoms with Gasteiger partial charge < -0.3 is 10.2 Å². The molecule has 22 heavy (non-hydrogen) atoms. The average Bonchev–Trinajstić information content (AvgIpc) is 3.10. The maximum absolute atomic E-state index is 13.3. The summed E-state index contributed by atoms with van der Waals surface area (Å²) < 4.78 is 1.91. The zero-order valence-corrected chi connectivity index (χ0v) is 14.1. The molecule has 3 rings (SSSR count). The van der Waals surface area contributed by atoms with E-state index in [0.29, 0.717) is 5.92 Å². The zero-order valence-electron chi connectivity index (χ0n) is 13.3. The minimum atomic E-state index is -0.468. The van der Waals surface area contributed by atoms with E-state index >= 15 is 0 Å². The number of carbonyl (C=O) groups excluding carboxylic acids is 1. The van der Waals surface area contributed by atoms with Crippen LogP contribution in [0.2, 0.25) is 0 Å². The number of nitrogens with zero attached hydrogens (tertiary/aromatic N) is 3. The molecule has 2 aliphatic heterocycles. The van der Waals surface area contributed by atoms with Gasteiger partial charge in [-0.05, 0) is 50.8 Å². The number of amides is 1. The molecule has 1 aromatic rings. The molecule has 0 saturated carbocycles. The second-order valence-electron chi connectivity index (χ2n) is 6.40. The van der Waals surface area contributed by atoms with E-state index in [0.717, 1.165) is 45.4 Å². The Hall–Kier alpha value is -1.07. The number of carbonyl (C=O) groups is 1. The monoisotopic (exact) mass is 326 g/mol. The third-order valence-corrected chi connectivity index (χ3v) is 5.16. The van der Waals surface area contributed by atoms with Crippen LogP contribution in [0.1, 0.15) is 39.0 Å². The molecule has 0 aliphatic carbocycles. The van der Waals surface area contributed by atoms with Crippen LogP contribution in [-0.2, 0) is 10.3 Å². The van der Waals surface area contributed by atoms with Crippen LogP contribution in [-0.4, -0.2) is 46.8 Å². The van der Waals surface area contributed by atoms with E-state index in [2.05, 4.69) is 22.2 Å². The third-order valence-electron chi connectivity index (χ3n) is 5.16. The highest BCUT2D eigenvalue weighted by Gasteiger charge is 2.45. The van der Waals surface area contributed by atoms with Gasteiger partial charge in [0.25, 0.3) is 5.91 Å². The van der Waals surface area contributed by atoms with E-state index in [1.807, 2.05) is 16.9 Å². The second-order valence-corrected chi connectivity index (χ2v) is 6.40. The molecule has 0 radical (unpaired) electrons. The highest BCUT2D eigenvalue weighted by atomic mass is 35.5. The van der Waals surface area contributed by atoms with Crippen molar-refractivity contribution in [2.45, 2.75) is 44.6 Å². The molecule has 1 amide bonds. The lowest BCUT2D eigenvalue weighted by Gasteiger charge is -2.42. The molecular weight excluding hydrogens is 300 g/mol. The van der Waals surface area contributed by atoms with Gasteiger partial charge in [-0.1, -0.05) is 13.3 Å². The van der Waals surface area contributed by atoms with E-state index in [9.17, 15) is 4.79 Å². The fraction of sp³-hybridized carbons (Fsp3) is 0.750. The van der Waals surface area contributed by atoms with Crippen molar-refractivity contribution < 1.29 is 4.79 Å². The molecule has 2 aliphatic rings. The molecule has 1 aromatic heterocycles. The van der Waals surface area contributed by atoms with Crippen LogP contribution < -0.4 is 5.32 Å². The molecular formula is C16H27ClN4O. The van der Waals surface area contributed by atoms with Crippen LogP contribution in [0.3, 0.4) is 0 Å². The first kappa shape index (κ1) is 17.3. The number of hydrogen-bond donors (Lipinski definition) is 1. The largest absolute Gasteiger partial charge is 0.340 e. The highest BCUT2D eigenvalue weighted by Crippen LogP contribution is 2.31. The first-order valence-electron chi connectivity index (χ1n) is 8.26. The van der Waals surface area contributed by atoms with Crippen LogP contribution >= 0.6 is 12.4 Å². The molecule has 1 atom stereocenters. The van der Waals surface area contributed by atoms with Crippen molar-refractivity contribution in [1.29, 1.82) is 0 Å². The number of hydrogen-bond acceptors (Lipinski definition) is 3. The zero-order chi connectivity index (χ0) is 14.7. The predicted octanol–water partition coefficient (Wildman–Crippen LogP) is 2.03. The van der Waals surface area contributed by atoms with Crippen LogP contribution in [0.25, 0.3) is 0 Å². The summed E-state index contributed by atoms with van der Waals surface area (Å²) in [5.41, 5.74) is -0.468. The summed E-state index contributed by atoms with van der Waals surface area (Å²) in [6.45, 7) is 5.83. The van der Waals surface area contributed by atoms with Gasteiger partial charge in [0, 0.05) is 25.5 Å². The Morgan fingerprint density at radius 3 is 2.82 bits per heavy atom. The van der Waals surface area contributed by atoms with Crippen molar-refractivity contribution in [1.82, 2.24) is 20.0 Å². The quantitative estimate of drug-likeness (QED) is 0.924. The van der Waals surface area contributed by atoms with Gasteiger partial charge in [-0.2, -0.15) is 5.10 Å². The van der Waals surface area contributed by atoms with Gasteiger partial charge in [0.15, 0.2) is 0 Å². The standard InChI is InChI=1S/C16H26N4O.ClH/c1-2-14-5-3-11-19(13-14)15(21)16(6-9-17-10-7-16)20-12-4-8-18-20;/h4,8,12,14,17H,2-3,5-7,9-11,13H2,1H3;1H. The number of nitrogens with one attached hydrogen (secondary N) is 1. The van der Waals surface area contributed by atoms with Crippen LogP contribution in [0.15, 0.2) is 18.5 Å². The van der Waals surface area contributed by atoms with E-state index in [4.69, 9.17) is 0 Å². The number of halogens is 1. The molecule has 124 valence electrons. The lowest BCUT2D eigenvalue weighted by Crippen LogP contribution is -2.57. The molecule has 2 saturated heterocycles. The van der Waals surface area contributed by atoms with Gasteiger partial charge in [-0.15, -0.1) is 12.4 Å². The Bertz CT molecular complexity index is 471. The molecule has 6 heteroatoms. The molecule has 0 aromatic carbocycles. The SMILES string of the molecule is CCC1CCCN(C(=O)C2(n3cccn3)CCNCC2)C1.Cl. The van der Waals surface area contributed by atoms with Gasteiger partial charge >= 0.3 is 0 Å². The molecule has 3 heterocycles. The fourth-order valence-electron chi connectivity index (χ4n) is 3.78. The first-order chi connectivity index (χ1) is 10.3. The molecule has 1 N–H and O–H groups in total. The summed E-state index contributed by atoms with van der Waals surface area (Å²) in [7, 11) is 0. The van der Waals surface area contributed by atoms with Gasteiger partial charge in [0.2, 0.25) is 0 Å². The van der Waals surface area contributed by atoms with E-state index in [-0.39, 0.29) is 18.3 Å². The average molecular weight is 327 g/mol. The highest BCUT2D eigenvalue weighted by molar-refractivity contribution is 5.85. The Labute approximate surface area is 138 Å². The van der Waals surface area contributed by atoms with Crippen molar-refractivity contribution >= 4 is 18.3 Å². The summed E-state index contributed by atoms with van der Waals surface area (Å²) in [6, 6.07) is 1.92. The number of rotatable bonds is 3. The number of piperidine rings is 2. The molecule has 5 nitrogen and oxygen atoms in total. The molecule has 2 fully saturated rings. The van der Waals surface area contributed by atoms with Gasteiger partial charge in [-0.3, -0.25) is 9.48 Å². The number of likely N-dealkylation sites (tertiary alicyclic amines) is 1.